The van der Waals surface area contributed by atoms with E-state index in [1.807, 2.05) is 0 Å². The lowest BCUT2D eigenvalue weighted by molar-refractivity contribution is -0.117. The van der Waals surface area contributed by atoms with E-state index in [-0.39, 0.29) is 18.9 Å². The van der Waals surface area contributed by atoms with Crippen LogP contribution in [0.25, 0.3) is 22.9 Å². The monoisotopic (exact) mass is 530 g/mol. The number of aromatic nitrogens is 4. The average molecular weight is 531 g/mol. The SMILES string of the molecule is C/C(N)=C/N(N)CCOCCOCCOCCC(=O)Nc1cc(-c2nnc(C)o2)cc(-c2nnc(C)o2)c1. The first-order valence-corrected chi connectivity index (χ1v) is 12.0. The number of carbonyl (C=O) groups excluding carboxylic acids is 1. The molecule has 1 amide bonds. The maximum Gasteiger partial charge on any atom is 0.247 e. The van der Waals surface area contributed by atoms with Crippen molar-refractivity contribution < 1.29 is 27.8 Å². The molecule has 5 N–H and O–H groups in total. The molecule has 3 aromatic rings. The van der Waals surface area contributed by atoms with E-state index in [1.165, 1.54) is 5.01 Å². The minimum Gasteiger partial charge on any atom is -0.421 e. The summed E-state index contributed by atoms with van der Waals surface area (Å²) in [6.45, 7) is 8.00. The summed E-state index contributed by atoms with van der Waals surface area (Å²) in [6, 6.07) is 5.24. The van der Waals surface area contributed by atoms with Crippen molar-refractivity contribution in [1.82, 2.24) is 25.4 Å². The topological polar surface area (TPSA) is 190 Å². The number of ether oxygens (including phenoxy) is 3. The maximum absolute atomic E-state index is 12.5. The van der Waals surface area contributed by atoms with Gasteiger partial charge in [0.1, 0.15) is 0 Å². The lowest BCUT2D eigenvalue weighted by Gasteiger charge is -2.14. The highest BCUT2D eigenvalue weighted by molar-refractivity contribution is 5.92. The number of nitrogens with two attached hydrogens (primary N) is 2. The Kier molecular flexibility index (Phi) is 11.2. The van der Waals surface area contributed by atoms with Crippen molar-refractivity contribution in [2.24, 2.45) is 11.6 Å². The van der Waals surface area contributed by atoms with E-state index in [4.69, 9.17) is 34.6 Å². The largest absolute Gasteiger partial charge is 0.421 e. The minimum absolute atomic E-state index is 0.161. The van der Waals surface area contributed by atoms with Crippen LogP contribution in [0.5, 0.6) is 0 Å². The van der Waals surface area contributed by atoms with Crippen molar-refractivity contribution in [3.05, 3.63) is 41.9 Å². The molecular weight excluding hydrogens is 496 g/mol. The molecule has 0 aliphatic rings. The van der Waals surface area contributed by atoms with Gasteiger partial charge in [-0.15, -0.1) is 20.4 Å². The summed E-state index contributed by atoms with van der Waals surface area (Å²) >= 11 is 0. The Labute approximate surface area is 220 Å². The Bertz CT molecular complexity index is 1130. The van der Waals surface area contributed by atoms with Gasteiger partial charge in [0, 0.05) is 42.6 Å². The van der Waals surface area contributed by atoms with Crippen molar-refractivity contribution in [2.45, 2.75) is 27.2 Å². The molecule has 14 heteroatoms. The fourth-order valence-corrected chi connectivity index (χ4v) is 3.20. The summed E-state index contributed by atoms with van der Waals surface area (Å²) < 4.78 is 27.5. The number of anilines is 1. The number of nitrogens with zero attached hydrogens (tertiary/aromatic N) is 5. The van der Waals surface area contributed by atoms with Crippen molar-refractivity contribution >= 4 is 11.6 Å². The quantitative estimate of drug-likeness (QED) is 0.138. The smallest absolute Gasteiger partial charge is 0.247 e. The van der Waals surface area contributed by atoms with Gasteiger partial charge in [0.25, 0.3) is 0 Å². The molecule has 0 bridgehead atoms. The Hall–Kier alpha value is -3.85. The van der Waals surface area contributed by atoms with Gasteiger partial charge in [-0.2, -0.15) is 0 Å². The van der Waals surface area contributed by atoms with Crippen molar-refractivity contribution in [3.63, 3.8) is 0 Å². The number of amides is 1. The minimum atomic E-state index is -0.223. The predicted octanol–water partition coefficient (Wildman–Crippen LogP) is 1.78. The Morgan fingerprint density at radius 3 is 1.92 bits per heavy atom. The number of nitrogens with one attached hydrogen (secondary N) is 1. The highest BCUT2D eigenvalue weighted by atomic mass is 16.5. The third-order valence-corrected chi connectivity index (χ3v) is 4.84. The van der Waals surface area contributed by atoms with Crippen LogP contribution in [0.4, 0.5) is 5.69 Å². The molecule has 2 aromatic heterocycles. The highest BCUT2D eigenvalue weighted by Crippen LogP contribution is 2.29. The number of hydrogen-bond acceptors (Lipinski definition) is 13. The van der Waals surface area contributed by atoms with E-state index in [1.54, 1.807) is 45.2 Å². The normalized spacial score (nSPS) is 11.6. The number of benzene rings is 1. The lowest BCUT2D eigenvalue weighted by Crippen LogP contribution is -2.30. The van der Waals surface area contributed by atoms with Gasteiger partial charge in [-0.3, -0.25) is 4.79 Å². The molecule has 0 unspecified atom stereocenters. The van der Waals surface area contributed by atoms with E-state index in [2.05, 4.69) is 25.7 Å². The molecule has 14 nitrogen and oxygen atoms in total. The Morgan fingerprint density at radius 1 is 0.895 bits per heavy atom. The highest BCUT2D eigenvalue weighted by Gasteiger charge is 2.15. The predicted molar refractivity (Wildman–Crippen MR) is 137 cm³/mol. The molecule has 0 radical (unpaired) electrons. The van der Waals surface area contributed by atoms with E-state index >= 15 is 0 Å². The van der Waals surface area contributed by atoms with Gasteiger partial charge in [-0.05, 0) is 25.1 Å². The fourth-order valence-electron chi connectivity index (χ4n) is 3.20. The van der Waals surface area contributed by atoms with Crippen LogP contribution >= 0.6 is 0 Å². The van der Waals surface area contributed by atoms with Crippen molar-refractivity contribution in [2.75, 3.05) is 51.5 Å². The second-order valence-electron chi connectivity index (χ2n) is 8.30. The van der Waals surface area contributed by atoms with E-state index < -0.39 is 0 Å². The molecule has 0 saturated carbocycles. The summed E-state index contributed by atoms with van der Waals surface area (Å²) in [5, 5.41) is 20.2. The van der Waals surface area contributed by atoms with Crippen molar-refractivity contribution in [3.8, 4) is 22.9 Å². The van der Waals surface area contributed by atoms with Gasteiger partial charge < -0.3 is 39.1 Å². The van der Waals surface area contributed by atoms with Gasteiger partial charge in [0.05, 0.1) is 52.6 Å². The first-order chi connectivity index (χ1) is 18.3. The third-order valence-electron chi connectivity index (χ3n) is 4.84. The molecule has 0 aliphatic heterocycles. The summed E-state index contributed by atoms with van der Waals surface area (Å²) in [7, 11) is 0. The number of hydrogen-bond donors (Lipinski definition) is 3. The molecule has 0 saturated heterocycles. The zero-order chi connectivity index (χ0) is 27.3. The molecule has 38 heavy (non-hydrogen) atoms. The third kappa shape index (κ3) is 9.89. The number of allylic oxidation sites excluding steroid dienone is 1. The fraction of sp³-hybridized carbons (Fsp3) is 0.458. The first-order valence-electron chi connectivity index (χ1n) is 12.0. The molecule has 2 heterocycles. The number of aryl methyl sites for hydroxylation is 2. The molecule has 0 spiro atoms. The molecule has 0 atom stereocenters. The molecule has 206 valence electrons. The van der Waals surface area contributed by atoms with E-state index in [0.717, 1.165) is 0 Å². The molecule has 3 rings (SSSR count). The van der Waals surface area contributed by atoms with Crippen LogP contribution in [0, 0.1) is 13.8 Å². The second-order valence-corrected chi connectivity index (χ2v) is 8.30. The number of hydrazine groups is 1. The maximum atomic E-state index is 12.5. The van der Waals surface area contributed by atoms with E-state index in [0.29, 0.717) is 85.7 Å². The van der Waals surface area contributed by atoms with Gasteiger partial charge in [-0.25, -0.2) is 5.84 Å². The molecule has 1 aromatic carbocycles. The van der Waals surface area contributed by atoms with Crippen LogP contribution in [0.1, 0.15) is 25.1 Å². The number of carbonyl (C=O) groups is 1. The zero-order valence-corrected chi connectivity index (χ0v) is 21.8. The van der Waals surface area contributed by atoms with Crippen molar-refractivity contribution in [1.29, 1.82) is 0 Å². The number of rotatable bonds is 16. The zero-order valence-electron chi connectivity index (χ0n) is 21.8. The summed E-state index contributed by atoms with van der Waals surface area (Å²) in [4.78, 5) is 12.5. The van der Waals surface area contributed by atoms with Crippen LogP contribution in [0.3, 0.4) is 0 Å². The first kappa shape index (κ1) is 28.7. The van der Waals surface area contributed by atoms with Gasteiger partial charge in [-0.1, -0.05) is 0 Å². The van der Waals surface area contributed by atoms with Gasteiger partial charge >= 0.3 is 0 Å². The Morgan fingerprint density at radius 2 is 1.42 bits per heavy atom. The molecular formula is C24H34N8O6. The summed E-state index contributed by atoms with van der Waals surface area (Å²) in [5.74, 6) is 6.96. The lowest BCUT2D eigenvalue weighted by atomic mass is 10.1. The Balaban J connectivity index is 1.36. The van der Waals surface area contributed by atoms with Crippen LogP contribution in [-0.2, 0) is 19.0 Å². The summed E-state index contributed by atoms with van der Waals surface area (Å²) in [5.41, 5.74) is 7.90. The van der Waals surface area contributed by atoms with Gasteiger partial charge in [0.2, 0.25) is 29.5 Å². The van der Waals surface area contributed by atoms with Crippen LogP contribution in [-0.4, -0.2) is 77.5 Å². The molecule has 0 fully saturated rings. The van der Waals surface area contributed by atoms with Crippen LogP contribution < -0.4 is 16.9 Å². The standard InChI is InChI=1S/C24H34N8O6/c1-16(25)15-32(26)5-7-35-9-11-36-10-8-34-6-4-22(33)27-21-13-19(23-30-28-17(2)37-23)12-20(14-21)24-31-29-18(3)38-24/h12-15H,4-11,25-26H2,1-3H3,(H,27,33)/b16-15-. The second kappa shape index (κ2) is 14.8. The summed E-state index contributed by atoms with van der Waals surface area (Å²) in [6.07, 6.45) is 1.80. The van der Waals surface area contributed by atoms with Crippen LogP contribution in [0.15, 0.2) is 38.9 Å². The average Bonchev–Trinajstić information content (AvgIpc) is 3.50. The molecule has 0 aliphatic carbocycles. The van der Waals surface area contributed by atoms with Gasteiger partial charge in [0.15, 0.2) is 0 Å². The van der Waals surface area contributed by atoms with E-state index in [9.17, 15) is 4.79 Å². The van der Waals surface area contributed by atoms with Crippen LogP contribution in [0.2, 0.25) is 0 Å².